The number of nitrogens with zero attached hydrogens (tertiary/aromatic N) is 1. The van der Waals surface area contributed by atoms with Gasteiger partial charge in [-0.05, 0) is 24.1 Å². The molecule has 0 spiro atoms. The molecule has 0 aliphatic carbocycles. The summed E-state index contributed by atoms with van der Waals surface area (Å²) < 4.78 is 0. The zero-order valence-corrected chi connectivity index (χ0v) is 12.9. The zero-order valence-electron chi connectivity index (χ0n) is 12.1. The molecule has 4 nitrogen and oxygen atoms in total. The number of hydrogen-bond acceptors (Lipinski definition) is 3. The van der Waals surface area contributed by atoms with Gasteiger partial charge in [0.05, 0.1) is 11.4 Å². The molecule has 0 fully saturated rings. The Labute approximate surface area is 134 Å². The van der Waals surface area contributed by atoms with Gasteiger partial charge >= 0.3 is 0 Å². The van der Waals surface area contributed by atoms with Crippen molar-refractivity contribution in [3.05, 3.63) is 64.2 Å². The Kier molecular flexibility index (Phi) is 3.96. The Bertz CT molecular complexity index is 770. The number of fused-ring (bicyclic) bond motifs is 1. The number of carbonyl (C=O) groups is 1. The number of benzodiazepines with no additional fused rings is 1. The van der Waals surface area contributed by atoms with Crippen LogP contribution < -0.4 is 11.1 Å². The molecule has 1 aliphatic rings. The zero-order chi connectivity index (χ0) is 15.7. The second-order valence-corrected chi connectivity index (χ2v) is 5.55. The van der Waals surface area contributed by atoms with Gasteiger partial charge in [-0.2, -0.15) is 0 Å². The molecule has 1 heterocycles. The predicted molar refractivity (Wildman–Crippen MR) is 89.5 cm³/mol. The number of anilines is 1. The summed E-state index contributed by atoms with van der Waals surface area (Å²) in [5.74, 6) is -0.306. The van der Waals surface area contributed by atoms with Crippen LogP contribution in [0.4, 0.5) is 5.69 Å². The average Bonchev–Trinajstić information content (AvgIpc) is 2.64. The van der Waals surface area contributed by atoms with E-state index >= 15 is 0 Å². The van der Waals surface area contributed by atoms with Crippen molar-refractivity contribution in [3.8, 4) is 0 Å². The second-order valence-electron chi connectivity index (χ2n) is 5.12. The van der Waals surface area contributed by atoms with E-state index in [1.807, 2.05) is 43.3 Å². The van der Waals surface area contributed by atoms with Gasteiger partial charge in [-0.1, -0.05) is 48.9 Å². The summed E-state index contributed by atoms with van der Waals surface area (Å²) in [7, 11) is 0. The molecule has 5 heteroatoms. The van der Waals surface area contributed by atoms with Crippen LogP contribution in [0.3, 0.4) is 0 Å². The first-order valence-corrected chi connectivity index (χ1v) is 7.50. The fraction of sp³-hybridized carbons (Fsp3) is 0.176. The molecule has 0 saturated heterocycles. The van der Waals surface area contributed by atoms with E-state index in [2.05, 4.69) is 10.3 Å². The molecule has 0 saturated carbocycles. The van der Waals surface area contributed by atoms with Crippen LogP contribution in [0.2, 0.25) is 5.02 Å². The van der Waals surface area contributed by atoms with E-state index in [1.165, 1.54) is 0 Å². The number of benzene rings is 2. The SMILES string of the molecule is CCc1cccc2c1NC(=O)C(N)N=C2c1cccc(Cl)c1. The van der Waals surface area contributed by atoms with Gasteiger partial charge in [0.25, 0.3) is 5.91 Å². The molecule has 0 radical (unpaired) electrons. The maximum absolute atomic E-state index is 12.1. The Morgan fingerprint density at radius 2 is 2.05 bits per heavy atom. The highest BCUT2D eigenvalue weighted by molar-refractivity contribution is 6.31. The number of aliphatic imine (C=N–C) groups is 1. The number of hydrogen-bond donors (Lipinski definition) is 2. The number of nitrogens with one attached hydrogen (secondary N) is 1. The van der Waals surface area contributed by atoms with Crippen LogP contribution >= 0.6 is 11.6 Å². The largest absolute Gasteiger partial charge is 0.322 e. The highest BCUT2D eigenvalue weighted by Gasteiger charge is 2.24. The standard InChI is InChI=1S/C17H16ClN3O/c1-2-10-5-4-8-13-14(10)21-17(22)16(19)20-15(13)11-6-3-7-12(18)9-11/h3-9,16H,2,19H2,1H3,(H,21,22). The van der Waals surface area contributed by atoms with Crippen LogP contribution in [0.5, 0.6) is 0 Å². The molecule has 112 valence electrons. The first-order chi connectivity index (χ1) is 10.6. The molecule has 1 amide bonds. The second kappa shape index (κ2) is 5.91. The number of rotatable bonds is 2. The van der Waals surface area contributed by atoms with Gasteiger partial charge in [-0.3, -0.25) is 9.79 Å². The van der Waals surface area contributed by atoms with E-state index in [-0.39, 0.29) is 5.91 Å². The summed E-state index contributed by atoms with van der Waals surface area (Å²) in [6, 6.07) is 13.3. The summed E-state index contributed by atoms with van der Waals surface area (Å²) in [4.78, 5) is 16.5. The van der Waals surface area contributed by atoms with Gasteiger partial charge in [-0.15, -0.1) is 0 Å². The molecule has 0 bridgehead atoms. The first kappa shape index (κ1) is 14.8. The van der Waals surface area contributed by atoms with Crippen molar-refractivity contribution >= 4 is 28.9 Å². The lowest BCUT2D eigenvalue weighted by molar-refractivity contribution is -0.117. The monoisotopic (exact) mass is 313 g/mol. The summed E-state index contributed by atoms with van der Waals surface area (Å²) in [6.07, 6.45) is -0.132. The third-order valence-corrected chi connectivity index (χ3v) is 3.90. The van der Waals surface area contributed by atoms with Crippen molar-refractivity contribution in [3.63, 3.8) is 0 Å². The quantitative estimate of drug-likeness (QED) is 0.895. The lowest BCUT2D eigenvalue weighted by atomic mass is 9.97. The molecule has 22 heavy (non-hydrogen) atoms. The van der Waals surface area contributed by atoms with Gasteiger partial charge in [0.15, 0.2) is 6.17 Å². The highest BCUT2D eigenvalue weighted by atomic mass is 35.5. The maximum atomic E-state index is 12.1. The molecule has 1 unspecified atom stereocenters. The van der Waals surface area contributed by atoms with E-state index in [0.717, 1.165) is 28.8 Å². The number of carbonyl (C=O) groups excluding carboxylic acids is 1. The van der Waals surface area contributed by atoms with Gasteiger partial charge in [-0.25, -0.2) is 0 Å². The predicted octanol–water partition coefficient (Wildman–Crippen LogP) is 2.98. The number of halogens is 1. The third kappa shape index (κ3) is 2.63. The first-order valence-electron chi connectivity index (χ1n) is 7.12. The van der Waals surface area contributed by atoms with Crippen molar-refractivity contribution in [1.82, 2.24) is 0 Å². The van der Waals surface area contributed by atoms with Crippen molar-refractivity contribution in [2.24, 2.45) is 10.7 Å². The highest BCUT2D eigenvalue weighted by Crippen LogP contribution is 2.28. The van der Waals surface area contributed by atoms with Crippen molar-refractivity contribution in [2.45, 2.75) is 19.5 Å². The number of amides is 1. The van der Waals surface area contributed by atoms with Gasteiger partial charge in [0, 0.05) is 16.1 Å². The molecular weight excluding hydrogens is 298 g/mol. The molecule has 3 rings (SSSR count). The van der Waals surface area contributed by atoms with Crippen molar-refractivity contribution in [1.29, 1.82) is 0 Å². The normalized spacial score (nSPS) is 17.3. The van der Waals surface area contributed by atoms with Gasteiger partial charge in [0.2, 0.25) is 0 Å². The minimum absolute atomic E-state index is 0.306. The van der Waals surface area contributed by atoms with Gasteiger partial charge in [0.1, 0.15) is 0 Å². The van der Waals surface area contributed by atoms with Crippen LogP contribution in [-0.4, -0.2) is 17.8 Å². The Hall–Kier alpha value is -2.17. The fourth-order valence-electron chi connectivity index (χ4n) is 2.57. The van der Waals surface area contributed by atoms with Crippen molar-refractivity contribution in [2.75, 3.05) is 5.32 Å². The summed E-state index contributed by atoms with van der Waals surface area (Å²) in [5, 5.41) is 3.51. The van der Waals surface area contributed by atoms with Crippen LogP contribution in [0.1, 0.15) is 23.6 Å². The topological polar surface area (TPSA) is 67.5 Å². The number of aryl methyl sites for hydroxylation is 1. The van der Waals surface area contributed by atoms with Crippen LogP contribution in [0, 0.1) is 0 Å². The lowest BCUT2D eigenvalue weighted by Crippen LogP contribution is -2.33. The number of para-hydroxylation sites is 1. The maximum Gasteiger partial charge on any atom is 0.263 e. The molecular formula is C17H16ClN3O. The van der Waals surface area contributed by atoms with E-state index in [9.17, 15) is 4.79 Å². The summed E-state index contributed by atoms with van der Waals surface area (Å²) in [6.45, 7) is 2.04. The van der Waals surface area contributed by atoms with Crippen LogP contribution in [-0.2, 0) is 11.2 Å². The smallest absolute Gasteiger partial charge is 0.263 e. The molecule has 3 N–H and O–H groups in total. The Morgan fingerprint density at radius 1 is 1.27 bits per heavy atom. The summed E-state index contributed by atoms with van der Waals surface area (Å²) >= 11 is 6.09. The number of nitrogens with two attached hydrogens (primary N) is 1. The minimum atomic E-state index is -0.939. The van der Waals surface area contributed by atoms with E-state index in [4.69, 9.17) is 17.3 Å². The summed E-state index contributed by atoms with van der Waals surface area (Å²) in [5.41, 5.74) is 10.1. The Balaban J connectivity index is 2.25. The third-order valence-electron chi connectivity index (χ3n) is 3.67. The molecule has 2 aromatic rings. The van der Waals surface area contributed by atoms with Crippen LogP contribution in [0.25, 0.3) is 0 Å². The molecule has 1 aliphatic heterocycles. The molecule has 1 atom stereocenters. The average molecular weight is 314 g/mol. The van der Waals surface area contributed by atoms with Gasteiger partial charge < -0.3 is 11.1 Å². The van der Waals surface area contributed by atoms with E-state index in [1.54, 1.807) is 6.07 Å². The van der Waals surface area contributed by atoms with E-state index in [0.29, 0.717) is 10.7 Å². The van der Waals surface area contributed by atoms with Crippen LogP contribution in [0.15, 0.2) is 47.5 Å². The fourth-order valence-corrected chi connectivity index (χ4v) is 2.76. The van der Waals surface area contributed by atoms with Crippen molar-refractivity contribution < 1.29 is 4.79 Å². The Morgan fingerprint density at radius 3 is 2.77 bits per heavy atom. The molecule has 0 aromatic heterocycles. The molecule has 2 aromatic carbocycles. The van der Waals surface area contributed by atoms with E-state index < -0.39 is 6.17 Å². The minimum Gasteiger partial charge on any atom is -0.322 e. The lowest BCUT2D eigenvalue weighted by Gasteiger charge is -2.13.